The summed E-state index contributed by atoms with van der Waals surface area (Å²) in [5.74, 6) is 1.69. The second-order valence-electron chi connectivity index (χ2n) is 5.57. The molecular weight excluding hydrogens is 300 g/mol. The van der Waals surface area contributed by atoms with Gasteiger partial charge in [0.05, 0.1) is 11.5 Å². The van der Waals surface area contributed by atoms with Crippen LogP contribution in [0, 0.1) is 0 Å². The molecule has 2 rings (SSSR count). The number of carbonyl (C=O) groups excluding carboxylic acids is 1. The Kier molecular flexibility index (Phi) is 6.70. The minimum atomic E-state index is 0.0746. The third-order valence-electron chi connectivity index (χ3n) is 3.65. The SMILES string of the molecule is Nc1nc(N)nc(CSCC(=O)NC2CCCCCCC2)n1. The summed E-state index contributed by atoms with van der Waals surface area (Å²) in [6.07, 6.45) is 8.50. The number of hydrogen-bond donors (Lipinski definition) is 3. The first-order valence-electron chi connectivity index (χ1n) is 7.76. The number of nitrogens with two attached hydrogens (primary N) is 2. The van der Waals surface area contributed by atoms with Crippen molar-refractivity contribution in [3.63, 3.8) is 0 Å². The summed E-state index contributed by atoms with van der Waals surface area (Å²) in [6.45, 7) is 0. The Morgan fingerprint density at radius 1 is 1.05 bits per heavy atom. The Hall–Kier alpha value is -1.57. The molecule has 22 heavy (non-hydrogen) atoms. The first kappa shape index (κ1) is 16.8. The van der Waals surface area contributed by atoms with Crippen molar-refractivity contribution in [2.24, 2.45) is 0 Å². The van der Waals surface area contributed by atoms with E-state index in [1.165, 1.54) is 43.9 Å². The molecule has 5 N–H and O–H groups in total. The Morgan fingerprint density at radius 3 is 2.27 bits per heavy atom. The van der Waals surface area contributed by atoms with E-state index >= 15 is 0 Å². The summed E-state index contributed by atoms with van der Waals surface area (Å²) < 4.78 is 0. The van der Waals surface area contributed by atoms with Crippen molar-refractivity contribution in [1.29, 1.82) is 0 Å². The standard InChI is InChI=1S/C14H24N6OS/c15-13-18-11(19-14(16)20-13)8-22-9-12(21)17-10-6-4-2-1-3-5-7-10/h10H,1-9H2,(H,17,21)(H4,15,16,18,19,20). The number of nitrogens with one attached hydrogen (secondary N) is 1. The van der Waals surface area contributed by atoms with Crippen LogP contribution in [0.5, 0.6) is 0 Å². The van der Waals surface area contributed by atoms with Gasteiger partial charge in [-0.25, -0.2) is 0 Å². The van der Waals surface area contributed by atoms with Gasteiger partial charge >= 0.3 is 0 Å². The van der Waals surface area contributed by atoms with Crippen LogP contribution in [0.3, 0.4) is 0 Å². The molecule has 1 fully saturated rings. The zero-order chi connectivity index (χ0) is 15.8. The molecular formula is C14H24N6OS. The molecule has 1 aromatic rings. The number of nitrogens with zero attached hydrogens (tertiary/aromatic N) is 3. The molecule has 7 nitrogen and oxygen atoms in total. The van der Waals surface area contributed by atoms with Crippen molar-refractivity contribution in [3.05, 3.63) is 5.82 Å². The fourth-order valence-corrected chi connectivity index (χ4v) is 3.31. The lowest BCUT2D eigenvalue weighted by molar-refractivity contribution is -0.119. The van der Waals surface area contributed by atoms with Crippen LogP contribution in [-0.2, 0) is 10.5 Å². The molecule has 8 heteroatoms. The Balaban J connectivity index is 1.70. The largest absolute Gasteiger partial charge is 0.368 e. The second-order valence-corrected chi connectivity index (χ2v) is 6.56. The van der Waals surface area contributed by atoms with Gasteiger partial charge in [0, 0.05) is 6.04 Å². The number of anilines is 2. The van der Waals surface area contributed by atoms with Gasteiger partial charge in [0.2, 0.25) is 17.8 Å². The third kappa shape index (κ3) is 6.05. The van der Waals surface area contributed by atoms with E-state index in [9.17, 15) is 4.79 Å². The van der Waals surface area contributed by atoms with Crippen LogP contribution in [-0.4, -0.2) is 32.7 Å². The summed E-state index contributed by atoms with van der Waals surface area (Å²) in [6, 6.07) is 0.330. The molecule has 1 heterocycles. The fourth-order valence-electron chi connectivity index (χ4n) is 2.63. The molecule has 0 spiro atoms. The number of thioether (sulfide) groups is 1. The maximum absolute atomic E-state index is 12.0. The van der Waals surface area contributed by atoms with Crippen molar-refractivity contribution in [3.8, 4) is 0 Å². The molecule has 1 amide bonds. The molecule has 0 unspecified atom stereocenters. The number of rotatable bonds is 5. The van der Waals surface area contributed by atoms with Gasteiger partial charge in [-0.15, -0.1) is 11.8 Å². The average Bonchev–Trinajstić information content (AvgIpc) is 2.40. The van der Waals surface area contributed by atoms with E-state index in [-0.39, 0.29) is 17.8 Å². The quantitative estimate of drug-likeness (QED) is 0.750. The molecule has 0 radical (unpaired) electrons. The number of amides is 1. The van der Waals surface area contributed by atoms with E-state index in [1.54, 1.807) is 0 Å². The van der Waals surface area contributed by atoms with Crippen molar-refractivity contribution >= 4 is 29.6 Å². The van der Waals surface area contributed by atoms with Crippen molar-refractivity contribution in [1.82, 2.24) is 20.3 Å². The van der Waals surface area contributed by atoms with Gasteiger partial charge in [0.25, 0.3) is 0 Å². The normalized spacial score (nSPS) is 16.7. The highest BCUT2D eigenvalue weighted by Crippen LogP contribution is 2.17. The zero-order valence-corrected chi connectivity index (χ0v) is 13.6. The topological polar surface area (TPSA) is 120 Å². The van der Waals surface area contributed by atoms with Gasteiger partial charge in [0.15, 0.2) is 0 Å². The molecule has 0 aromatic carbocycles. The summed E-state index contributed by atoms with van der Waals surface area (Å²) >= 11 is 1.45. The Bertz CT molecular complexity index is 470. The monoisotopic (exact) mass is 324 g/mol. The summed E-state index contributed by atoms with van der Waals surface area (Å²) in [4.78, 5) is 23.7. The van der Waals surface area contributed by atoms with Crippen molar-refractivity contribution < 1.29 is 4.79 Å². The molecule has 1 saturated carbocycles. The van der Waals surface area contributed by atoms with Gasteiger partial charge in [-0.2, -0.15) is 15.0 Å². The Labute approximate surface area is 135 Å². The summed E-state index contributed by atoms with van der Waals surface area (Å²) in [5.41, 5.74) is 11.0. The third-order valence-corrected chi connectivity index (χ3v) is 4.58. The predicted octanol–water partition coefficient (Wildman–Crippen LogP) is 1.50. The number of aromatic nitrogens is 3. The van der Waals surface area contributed by atoms with Crippen LogP contribution in [0.15, 0.2) is 0 Å². The minimum Gasteiger partial charge on any atom is -0.368 e. The van der Waals surface area contributed by atoms with Gasteiger partial charge in [-0.3, -0.25) is 4.79 Å². The van der Waals surface area contributed by atoms with E-state index in [1.807, 2.05) is 0 Å². The molecule has 1 aliphatic rings. The van der Waals surface area contributed by atoms with Gasteiger partial charge < -0.3 is 16.8 Å². The summed E-state index contributed by atoms with van der Waals surface area (Å²) in [5, 5.41) is 3.13. The molecule has 122 valence electrons. The van der Waals surface area contributed by atoms with E-state index in [0.29, 0.717) is 23.4 Å². The van der Waals surface area contributed by atoms with E-state index in [2.05, 4.69) is 20.3 Å². The molecule has 0 atom stereocenters. The smallest absolute Gasteiger partial charge is 0.230 e. The first-order valence-corrected chi connectivity index (χ1v) is 8.92. The van der Waals surface area contributed by atoms with Crippen LogP contribution in [0.4, 0.5) is 11.9 Å². The lowest BCUT2D eigenvalue weighted by Crippen LogP contribution is -2.36. The van der Waals surface area contributed by atoms with Gasteiger partial charge in [-0.05, 0) is 12.8 Å². The zero-order valence-electron chi connectivity index (χ0n) is 12.8. The highest BCUT2D eigenvalue weighted by atomic mass is 32.2. The minimum absolute atomic E-state index is 0.0746. The lowest BCUT2D eigenvalue weighted by atomic mass is 9.97. The number of hydrogen-bond acceptors (Lipinski definition) is 7. The molecule has 0 aliphatic heterocycles. The molecule has 0 saturated heterocycles. The van der Waals surface area contributed by atoms with Crippen LogP contribution in [0.2, 0.25) is 0 Å². The lowest BCUT2D eigenvalue weighted by Gasteiger charge is -2.20. The highest BCUT2D eigenvalue weighted by molar-refractivity contribution is 7.99. The van der Waals surface area contributed by atoms with E-state index in [0.717, 1.165) is 12.8 Å². The van der Waals surface area contributed by atoms with Crippen LogP contribution in [0.25, 0.3) is 0 Å². The van der Waals surface area contributed by atoms with Crippen molar-refractivity contribution in [2.75, 3.05) is 17.2 Å². The van der Waals surface area contributed by atoms with Crippen LogP contribution >= 0.6 is 11.8 Å². The first-order chi connectivity index (χ1) is 10.6. The molecule has 1 aliphatic carbocycles. The van der Waals surface area contributed by atoms with Crippen LogP contribution < -0.4 is 16.8 Å². The summed E-state index contributed by atoms with van der Waals surface area (Å²) in [7, 11) is 0. The second kappa shape index (κ2) is 8.77. The van der Waals surface area contributed by atoms with Crippen LogP contribution in [0.1, 0.15) is 50.8 Å². The predicted molar refractivity (Wildman–Crippen MR) is 89.1 cm³/mol. The molecule has 1 aromatic heterocycles. The van der Waals surface area contributed by atoms with Gasteiger partial charge in [0.1, 0.15) is 5.82 Å². The fraction of sp³-hybridized carbons (Fsp3) is 0.714. The maximum atomic E-state index is 12.0. The number of carbonyl (C=O) groups is 1. The molecule has 0 bridgehead atoms. The van der Waals surface area contributed by atoms with Crippen molar-refractivity contribution in [2.45, 2.75) is 56.7 Å². The van der Waals surface area contributed by atoms with E-state index < -0.39 is 0 Å². The average molecular weight is 324 g/mol. The van der Waals surface area contributed by atoms with E-state index in [4.69, 9.17) is 11.5 Å². The number of nitrogen functional groups attached to an aromatic ring is 2. The highest BCUT2D eigenvalue weighted by Gasteiger charge is 2.14. The van der Waals surface area contributed by atoms with Gasteiger partial charge in [-0.1, -0.05) is 32.1 Å². The maximum Gasteiger partial charge on any atom is 0.230 e. The Morgan fingerprint density at radius 2 is 1.64 bits per heavy atom.